The molecule has 1 aromatic rings. The Bertz CT molecular complexity index is 778. The zero-order valence-electron chi connectivity index (χ0n) is 13.6. The van der Waals surface area contributed by atoms with Crippen molar-refractivity contribution in [1.29, 1.82) is 5.26 Å². The molecular formula is C18H18ClN2O3S-. The van der Waals surface area contributed by atoms with Gasteiger partial charge in [-0.25, -0.2) is 0 Å². The largest absolute Gasteiger partial charge is 0.550 e. The molecule has 0 bridgehead atoms. The summed E-state index contributed by atoms with van der Waals surface area (Å²) in [7, 11) is 0. The number of nitriles is 1. The Labute approximate surface area is 155 Å². The van der Waals surface area contributed by atoms with E-state index in [0.29, 0.717) is 15.6 Å². The number of fused-ring (bicyclic) bond motifs is 1. The van der Waals surface area contributed by atoms with Gasteiger partial charge in [0.05, 0.1) is 11.5 Å². The Hall–Kier alpha value is -1.84. The number of hydrogen-bond acceptors (Lipinski definition) is 5. The predicted molar refractivity (Wildman–Crippen MR) is 94.1 cm³/mol. The monoisotopic (exact) mass is 377 g/mol. The third-order valence-electron chi connectivity index (χ3n) is 4.90. The van der Waals surface area contributed by atoms with Crippen molar-refractivity contribution in [3.8, 4) is 6.07 Å². The van der Waals surface area contributed by atoms with Crippen LogP contribution < -0.4 is 10.4 Å². The molecule has 0 unspecified atom stereocenters. The van der Waals surface area contributed by atoms with Gasteiger partial charge >= 0.3 is 0 Å². The van der Waals surface area contributed by atoms with Crippen molar-refractivity contribution in [2.24, 2.45) is 11.8 Å². The van der Waals surface area contributed by atoms with Crippen molar-refractivity contribution >= 4 is 39.8 Å². The van der Waals surface area contributed by atoms with Crippen LogP contribution in [0, 0.1) is 23.2 Å². The number of carboxylic acid groups (broad SMARTS) is 1. The Kier molecular flexibility index (Phi) is 5.45. The van der Waals surface area contributed by atoms with Gasteiger partial charge in [0.25, 0.3) is 0 Å². The van der Waals surface area contributed by atoms with E-state index >= 15 is 0 Å². The van der Waals surface area contributed by atoms with Crippen LogP contribution in [0.25, 0.3) is 0 Å². The molecule has 7 heteroatoms. The maximum Gasteiger partial charge on any atom is 0.229 e. The first-order valence-corrected chi connectivity index (χ1v) is 9.61. The first kappa shape index (κ1) is 18.0. The summed E-state index contributed by atoms with van der Waals surface area (Å²) in [5.41, 5.74) is 1.57. The molecule has 0 aliphatic heterocycles. The molecule has 1 amide bonds. The van der Waals surface area contributed by atoms with Crippen LogP contribution >= 0.6 is 22.9 Å². The second-order valence-corrected chi connectivity index (χ2v) is 8.08. The van der Waals surface area contributed by atoms with E-state index < -0.39 is 23.7 Å². The van der Waals surface area contributed by atoms with E-state index in [1.807, 2.05) is 0 Å². The van der Waals surface area contributed by atoms with Gasteiger partial charge in [-0.2, -0.15) is 5.26 Å². The summed E-state index contributed by atoms with van der Waals surface area (Å²) in [6.45, 7) is 0. The topological polar surface area (TPSA) is 93.0 Å². The minimum absolute atomic E-state index is 0.180. The molecule has 1 aromatic heterocycles. The van der Waals surface area contributed by atoms with Gasteiger partial charge in [-0.3, -0.25) is 4.79 Å². The molecule has 0 spiro atoms. The van der Waals surface area contributed by atoms with Crippen molar-refractivity contribution in [2.75, 3.05) is 5.32 Å². The van der Waals surface area contributed by atoms with Crippen LogP contribution in [0.3, 0.4) is 0 Å². The number of carbonyl (C=O) groups is 2. The number of allylic oxidation sites excluding steroid dienone is 2. The number of anilines is 1. The summed E-state index contributed by atoms with van der Waals surface area (Å²) >= 11 is 7.44. The maximum absolute atomic E-state index is 12.7. The van der Waals surface area contributed by atoms with Gasteiger partial charge in [0.1, 0.15) is 11.1 Å². The standard InChI is InChI=1S/C18H19ClN2O3S/c19-10-6-7-12(18(23)24)13(8-10)16(22)21-17-14(9-20)11-4-2-1-3-5-15(11)25-17/h6,12-13H,1-5,7-8H2,(H,21,22)(H,23,24)/p-1/t12-,13-/m1/s1. The van der Waals surface area contributed by atoms with Crippen LogP contribution in [0.2, 0.25) is 0 Å². The molecule has 2 aliphatic carbocycles. The minimum atomic E-state index is -1.25. The number of thiophene rings is 1. The maximum atomic E-state index is 12.7. The van der Waals surface area contributed by atoms with Gasteiger partial charge in [0.15, 0.2) is 0 Å². The fourth-order valence-corrected chi connectivity index (χ4v) is 5.04. The van der Waals surface area contributed by atoms with Gasteiger partial charge in [-0.1, -0.05) is 24.1 Å². The van der Waals surface area contributed by atoms with E-state index in [4.69, 9.17) is 11.6 Å². The van der Waals surface area contributed by atoms with Crippen LogP contribution in [-0.2, 0) is 22.4 Å². The molecule has 0 fully saturated rings. The molecule has 5 nitrogen and oxygen atoms in total. The van der Waals surface area contributed by atoms with E-state index in [9.17, 15) is 20.0 Å². The van der Waals surface area contributed by atoms with Crippen LogP contribution in [0.4, 0.5) is 5.00 Å². The van der Waals surface area contributed by atoms with Gasteiger partial charge in [-0.05, 0) is 44.1 Å². The molecular weight excluding hydrogens is 360 g/mol. The smallest absolute Gasteiger partial charge is 0.229 e. The molecule has 3 rings (SSSR count). The number of amides is 1. The van der Waals surface area contributed by atoms with Crippen molar-refractivity contribution in [3.63, 3.8) is 0 Å². The number of hydrogen-bond donors (Lipinski definition) is 1. The fourth-order valence-electron chi connectivity index (χ4n) is 3.54. The zero-order chi connectivity index (χ0) is 18.0. The first-order chi connectivity index (χ1) is 12.0. The lowest BCUT2D eigenvalue weighted by molar-refractivity contribution is -0.313. The van der Waals surface area contributed by atoms with Crippen molar-refractivity contribution in [3.05, 3.63) is 27.1 Å². The molecule has 0 radical (unpaired) electrons. The average molecular weight is 378 g/mol. The van der Waals surface area contributed by atoms with E-state index in [1.165, 1.54) is 11.3 Å². The Morgan fingerprint density at radius 2 is 2.04 bits per heavy atom. The number of nitrogens with one attached hydrogen (secondary N) is 1. The zero-order valence-corrected chi connectivity index (χ0v) is 15.2. The van der Waals surface area contributed by atoms with Crippen molar-refractivity contribution in [1.82, 2.24) is 0 Å². The number of rotatable bonds is 3. The number of aliphatic carboxylic acids is 1. The highest BCUT2D eigenvalue weighted by Crippen LogP contribution is 2.38. The summed E-state index contributed by atoms with van der Waals surface area (Å²) in [6, 6.07) is 2.21. The van der Waals surface area contributed by atoms with E-state index in [-0.39, 0.29) is 12.8 Å². The number of carbonyl (C=O) groups excluding carboxylic acids is 2. The highest BCUT2D eigenvalue weighted by molar-refractivity contribution is 7.16. The predicted octanol–water partition coefficient (Wildman–Crippen LogP) is 2.73. The number of halogens is 1. The third kappa shape index (κ3) is 3.73. The molecule has 25 heavy (non-hydrogen) atoms. The molecule has 132 valence electrons. The van der Waals surface area contributed by atoms with Crippen molar-refractivity contribution in [2.45, 2.75) is 44.9 Å². The van der Waals surface area contributed by atoms with Crippen molar-refractivity contribution < 1.29 is 14.7 Å². The average Bonchev–Trinajstić information content (AvgIpc) is 2.74. The lowest BCUT2D eigenvalue weighted by atomic mass is 9.82. The van der Waals surface area contributed by atoms with Crippen LogP contribution in [-0.4, -0.2) is 11.9 Å². The van der Waals surface area contributed by atoms with Crippen LogP contribution in [0.1, 0.15) is 48.1 Å². The SMILES string of the molecule is N#Cc1c(NC(=O)[C@@H]2CC(Cl)=CC[C@H]2C(=O)[O-])sc2c1CCCCC2. The normalized spacial score (nSPS) is 23.0. The number of aryl methyl sites for hydroxylation is 1. The van der Waals surface area contributed by atoms with Crippen LogP contribution in [0.5, 0.6) is 0 Å². The molecule has 0 saturated heterocycles. The van der Waals surface area contributed by atoms with E-state index in [1.54, 1.807) is 6.08 Å². The van der Waals surface area contributed by atoms with Gasteiger partial charge < -0.3 is 15.2 Å². The van der Waals surface area contributed by atoms with E-state index in [0.717, 1.165) is 42.5 Å². The lowest BCUT2D eigenvalue weighted by Gasteiger charge is -2.29. The highest BCUT2D eigenvalue weighted by atomic mass is 35.5. The number of carboxylic acids is 1. The molecule has 0 aromatic carbocycles. The fraction of sp³-hybridized carbons (Fsp3) is 0.500. The molecule has 1 heterocycles. The lowest BCUT2D eigenvalue weighted by Crippen LogP contribution is -2.42. The first-order valence-electron chi connectivity index (χ1n) is 8.42. The van der Waals surface area contributed by atoms with E-state index in [2.05, 4.69) is 11.4 Å². The molecule has 1 N–H and O–H groups in total. The van der Waals surface area contributed by atoms with Crippen LogP contribution in [0.15, 0.2) is 11.1 Å². The van der Waals surface area contributed by atoms with Gasteiger partial charge in [0, 0.05) is 21.8 Å². The molecule has 2 aliphatic rings. The Morgan fingerprint density at radius 3 is 2.76 bits per heavy atom. The number of nitrogens with zero attached hydrogens (tertiary/aromatic N) is 1. The Balaban J connectivity index is 1.84. The van der Waals surface area contributed by atoms with Gasteiger partial charge in [0.2, 0.25) is 5.91 Å². The summed E-state index contributed by atoms with van der Waals surface area (Å²) in [5.74, 6) is -3.34. The highest BCUT2D eigenvalue weighted by Gasteiger charge is 2.33. The molecule has 2 atom stereocenters. The molecule has 0 saturated carbocycles. The summed E-state index contributed by atoms with van der Waals surface area (Å²) in [4.78, 5) is 25.2. The minimum Gasteiger partial charge on any atom is -0.550 e. The summed E-state index contributed by atoms with van der Waals surface area (Å²) in [6.07, 6.45) is 7.04. The quantitative estimate of drug-likeness (QED) is 0.819. The summed E-state index contributed by atoms with van der Waals surface area (Å²) in [5, 5.41) is 24.7. The third-order valence-corrected chi connectivity index (χ3v) is 6.42. The Morgan fingerprint density at radius 1 is 1.28 bits per heavy atom. The summed E-state index contributed by atoms with van der Waals surface area (Å²) < 4.78 is 0. The second-order valence-electron chi connectivity index (χ2n) is 6.49. The second kappa shape index (κ2) is 7.59. The van der Waals surface area contributed by atoms with Gasteiger partial charge in [-0.15, -0.1) is 11.3 Å².